The van der Waals surface area contributed by atoms with Gasteiger partial charge in [0.25, 0.3) is 11.8 Å². The van der Waals surface area contributed by atoms with Crippen LogP contribution in [0.1, 0.15) is 39.4 Å². The maximum absolute atomic E-state index is 13.0. The van der Waals surface area contributed by atoms with Crippen molar-refractivity contribution >= 4 is 23.4 Å². The second kappa shape index (κ2) is 8.62. The highest BCUT2D eigenvalue weighted by Gasteiger charge is 2.28. The molecule has 0 bridgehead atoms. The van der Waals surface area contributed by atoms with Crippen molar-refractivity contribution < 1.29 is 9.59 Å². The van der Waals surface area contributed by atoms with Crippen LogP contribution in [0, 0.1) is 6.92 Å². The standard InChI is InChI=1S/C21H21ClN6O2/c1-14-19(25-26-28(14)18-6-2-5-16(22)12-18)21(30)27-10-7-17(8-11-27)24-20(29)15-4-3-9-23-13-15/h2-6,9,12-13,17H,7-8,10-11H2,1H3,(H,24,29). The maximum Gasteiger partial charge on any atom is 0.276 e. The summed E-state index contributed by atoms with van der Waals surface area (Å²) in [7, 11) is 0. The summed E-state index contributed by atoms with van der Waals surface area (Å²) in [5, 5.41) is 11.8. The molecule has 0 saturated carbocycles. The molecule has 4 rings (SSSR count). The van der Waals surface area contributed by atoms with Gasteiger partial charge in [0.05, 0.1) is 16.9 Å². The lowest BCUT2D eigenvalue weighted by Gasteiger charge is -2.32. The van der Waals surface area contributed by atoms with Crippen molar-refractivity contribution in [2.45, 2.75) is 25.8 Å². The van der Waals surface area contributed by atoms with Gasteiger partial charge < -0.3 is 10.2 Å². The second-order valence-electron chi connectivity index (χ2n) is 7.20. The van der Waals surface area contributed by atoms with Crippen molar-refractivity contribution in [3.05, 3.63) is 70.8 Å². The highest BCUT2D eigenvalue weighted by atomic mass is 35.5. The fraction of sp³-hybridized carbons (Fsp3) is 0.286. The molecular weight excluding hydrogens is 404 g/mol. The lowest BCUT2D eigenvalue weighted by atomic mass is 10.0. The first-order chi connectivity index (χ1) is 14.5. The first kappa shape index (κ1) is 20.0. The van der Waals surface area contributed by atoms with Gasteiger partial charge in [-0.2, -0.15) is 0 Å². The number of halogens is 1. The van der Waals surface area contributed by atoms with E-state index < -0.39 is 0 Å². The number of benzene rings is 1. The van der Waals surface area contributed by atoms with E-state index in [1.165, 1.54) is 0 Å². The van der Waals surface area contributed by atoms with Gasteiger partial charge in [-0.1, -0.05) is 22.9 Å². The van der Waals surface area contributed by atoms with Gasteiger partial charge in [0.1, 0.15) is 0 Å². The quantitative estimate of drug-likeness (QED) is 0.695. The molecular formula is C21H21ClN6O2. The molecule has 1 fully saturated rings. The zero-order chi connectivity index (χ0) is 21.1. The molecule has 0 unspecified atom stereocenters. The summed E-state index contributed by atoms with van der Waals surface area (Å²) in [6.45, 7) is 2.90. The van der Waals surface area contributed by atoms with Gasteiger partial charge in [0.15, 0.2) is 5.69 Å². The molecule has 3 aromatic rings. The third kappa shape index (κ3) is 4.18. The molecule has 1 aromatic carbocycles. The van der Waals surface area contributed by atoms with Gasteiger partial charge in [0.2, 0.25) is 0 Å². The molecule has 8 nitrogen and oxygen atoms in total. The van der Waals surface area contributed by atoms with Crippen LogP contribution < -0.4 is 5.32 Å². The Hall–Kier alpha value is -3.26. The molecule has 2 amide bonds. The van der Waals surface area contributed by atoms with Gasteiger partial charge in [-0.15, -0.1) is 5.10 Å². The monoisotopic (exact) mass is 424 g/mol. The molecule has 154 valence electrons. The summed E-state index contributed by atoms with van der Waals surface area (Å²) in [5.41, 5.74) is 2.27. The Kier molecular flexibility index (Phi) is 5.76. The minimum absolute atomic E-state index is 0.0185. The number of carbonyl (C=O) groups is 2. The minimum atomic E-state index is -0.155. The number of aromatic nitrogens is 4. The van der Waals surface area contributed by atoms with Crippen molar-refractivity contribution in [1.82, 2.24) is 30.2 Å². The SMILES string of the molecule is Cc1c(C(=O)N2CCC(NC(=O)c3cccnc3)CC2)nnn1-c1cccc(Cl)c1. The lowest BCUT2D eigenvalue weighted by Crippen LogP contribution is -2.46. The molecule has 1 saturated heterocycles. The van der Waals surface area contributed by atoms with Gasteiger partial charge in [0, 0.05) is 36.5 Å². The topological polar surface area (TPSA) is 93.0 Å². The highest BCUT2D eigenvalue weighted by Crippen LogP contribution is 2.19. The summed E-state index contributed by atoms with van der Waals surface area (Å²) >= 11 is 6.06. The number of carbonyl (C=O) groups excluding carboxylic acids is 2. The third-order valence-corrected chi connectivity index (χ3v) is 5.43. The van der Waals surface area contributed by atoms with Crippen LogP contribution in [0.15, 0.2) is 48.8 Å². The van der Waals surface area contributed by atoms with E-state index in [9.17, 15) is 9.59 Å². The van der Waals surface area contributed by atoms with Crippen LogP contribution in [0.4, 0.5) is 0 Å². The average Bonchev–Trinajstić information content (AvgIpc) is 3.15. The van der Waals surface area contributed by atoms with Crippen LogP contribution >= 0.6 is 11.6 Å². The first-order valence-corrected chi connectivity index (χ1v) is 10.1. The van der Waals surface area contributed by atoms with E-state index in [0.717, 1.165) is 5.69 Å². The molecule has 30 heavy (non-hydrogen) atoms. The van der Waals surface area contributed by atoms with Crippen molar-refractivity contribution in [3.63, 3.8) is 0 Å². The Morgan fingerprint density at radius 3 is 2.67 bits per heavy atom. The van der Waals surface area contributed by atoms with Crippen molar-refractivity contribution in [3.8, 4) is 5.69 Å². The van der Waals surface area contributed by atoms with E-state index in [2.05, 4.69) is 20.6 Å². The number of pyridine rings is 1. The fourth-order valence-electron chi connectivity index (χ4n) is 3.52. The molecule has 0 radical (unpaired) electrons. The molecule has 0 spiro atoms. The van der Waals surface area contributed by atoms with Gasteiger partial charge in [-0.25, -0.2) is 4.68 Å². The smallest absolute Gasteiger partial charge is 0.276 e. The van der Waals surface area contributed by atoms with E-state index in [1.807, 2.05) is 19.1 Å². The lowest BCUT2D eigenvalue weighted by molar-refractivity contribution is 0.0691. The number of hydrogen-bond donors (Lipinski definition) is 1. The van der Waals surface area contributed by atoms with E-state index in [4.69, 9.17) is 11.6 Å². The number of likely N-dealkylation sites (tertiary alicyclic amines) is 1. The molecule has 1 aliphatic heterocycles. The predicted molar refractivity (Wildman–Crippen MR) is 112 cm³/mol. The van der Waals surface area contributed by atoms with Gasteiger partial charge in [-0.3, -0.25) is 14.6 Å². The Morgan fingerprint density at radius 2 is 1.97 bits per heavy atom. The number of nitrogens with one attached hydrogen (secondary N) is 1. The van der Waals surface area contributed by atoms with Gasteiger partial charge >= 0.3 is 0 Å². The summed E-state index contributed by atoms with van der Waals surface area (Å²) in [4.78, 5) is 31.0. The molecule has 1 aliphatic rings. The van der Waals surface area contributed by atoms with Gasteiger partial charge in [-0.05, 0) is 50.1 Å². The predicted octanol–water partition coefficient (Wildman–Crippen LogP) is 2.66. The van der Waals surface area contributed by atoms with Crippen molar-refractivity contribution in [2.75, 3.05) is 13.1 Å². The number of rotatable bonds is 4. The summed E-state index contributed by atoms with van der Waals surface area (Å²) < 4.78 is 1.61. The molecule has 2 aromatic heterocycles. The zero-order valence-electron chi connectivity index (χ0n) is 16.5. The normalized spacial score (nSPS) is 14.5. The largest absolute Gasteiger partial charge is 0.349 e. The Labute approximate surface area is 178 Å². The van der Waals surface area contributed by atoms with E-state index in [-0.39, 0.29) is 17.9 Å². The number of hydrogen-bond acceptors (Lipinski definition) is 5. The van der Waals surface area contributed by atoms with Crippen LogP contribution in [0.2, 0.25) is 5.02 Å². The van der Waals surface area contributed by atoms with Crippen LogP contribution in [0.5, 0.6) is 0 Å². The number of amides is 2. The van der Waals surface area contributed by atoms with Crippen LogP contribution in [0.25, 0.3) is 5.69 Å². The molecule has 0 aliphatic carbocycles. The van der Waals surface area contributed by atoms with Crippen LogP contribution in [0.3, 0.4) is 0 Å². The zero-order valence-corrected chi connectivity index (χ0v) is 17.2. The minimum Gasteiger partial charge on any atom is -0.349 e. The van der Waals surface area contributed by atoms with E-state index >= 15 is 0 Å². The molecule has 9 heteroatoms. The van der Waals surface area contributed by atoms with Crippen LogP contribution in [-0.2, 0) is 0 Å². The fourth-order valence-corrected chi connectivity index (χ4v) is 3.71. The van der Waals surface area contributed by atoms with E-state index in [0.29, 0.717) is 47.9 Å². The number of nitrogens with zero attached hydrogens (tertiary/aromatic N) is 5. The third-order valence-electron chi connectivity index (χ3n) is 5.19. The molecule has 1 N–H and O–H groups in total. The van der Waals surface area contributed by atoms with Crippen LogP contribution in [-0.4, -0.2) is 55.8 Å². The summed E-state index contributed by atoms with van der Waals surface area (Å²) in [6, 6.07) is 10.7. The van der Waals surface area contributed by atoms with Crippen molar-refractivity contribution in [1.29, 1.82) is 0 Å². The summed E-state index contributed by atoms with van der Waals surface area (Å²) in [5.74, 6) is -0.300. The average molecular weight is 425 g/mol. The summed E-state index contributed by atoms with van der Waals surface area (Å²) in [6.07, 6.45) is 4.53. The maximum atomic E-state index is 13.0. The highest BCUT2D eigenvalue weighted by molar-refractivity contribution is 6.30. The molecule has 0 atom stereocenters. The number of piperidine rings is 1. The Balaban J connectivity index is 1.38. The molecule has 3 heterocycles. The van der Waals surface area contributed by atoms with Crippen molar-refractivity contribution in [2.24, 2.45) is 0 Å². The van der Waals surface area contributed by atoms with E-state index in [1.54, 1.807) is 46.2 Å². The second-order valence-corrected chi connectivity index (χ2v) is 7.63. The Morgan fingerprint density at radius 1 is 1.17 bits per heavy atom. The first-order valence-electron chi connectivity index (χ1n) is 9.71. The Bertz CT molecular complexity index is 1060.